The molecule has 5 heteroatoms. The van der Waals surface area contributed by atoms with Crippen LogP contribution in [0.4, 0.5) is 17.2 Å². The van der Waals surface area contributed by atoms with Gasteiger partial charge in [-0.15, -0.1) is 0 Å². The fourth-order valence-electron chi connectivity index (χ4n) is 2.46. The molecule has 0 spiro atoms. The van der Waals surface area contributed by atoms with Crippen molar-refractivity contribution in [3.05, 3.63) is 83.6 Å². The van der Waals surface area contributed by atoms with Crippen molar-refractivity contribution in [2.45, 2.75) is 20.4 Å². The van der Waals surface area contributed by atoms with E-state index in [9.17, 15) is 0 Å². The molecule has 26 heavy (non-hydrogen) atoms. The van der Waals surface area contributed by atoms with Gasteiger partial charge in [0, 0.05) is 12.2 Å². The molecule has 3 rings (SSSR count). The number of benzene rings is 2. The quantitative estimate of drug-likeness (QED) is 0.562. The molecule has 4 nitrogen and oxygen atoms in total. The molecule has 3 N–H and O–H groups in total. The minimum atomic E-state index is 0.576. The monoisotopic (exact) mass is 362 g/mol. The van der Waals surface area contributed by atoms with Crippen molar-refractivity contribution >= 4 is 34.5 Å². The Bertz CT molecular complexity index is 873. The van der Waals surface area contributed by atoms with Crippen LogP contribution in [0.15, 0.2) is 66.9 Å². The predicted octanol–water partition coefficient (Wildman–Crippen LogP) is 4.93. The molecule has 0 aliphatic rings. The average molecular weight is 363 g/mol. The zero-order chi connectivity index (χ0) is 18.4. The summed E-state index contributed by atoms with van der Waals surface area (Å²) in [7, 11) is 0. The molecular formula is C21H22N4S. The van der Waals surface area contributed by atoms with E-state index < -0.39 is 0 Å². The Hall–Kier alpha value is -2.92. The third-order valence-corrected chi connectivity index (χ3v) is 4.25. The van der Waals surface area contributed by atoms with Gasteiger partial charge in [-0.1, -0.05) is 48.0 Å². The fraction of sp³-hybridized carbons (Fsp3) is 0.143. The molecule has 0 saturated heterocycles. The van der Waals surface area contributed by atoms with Crippen LogP contribution in [0, 0.1) is 13.8 Å². The van der Waals surface area contributed by atoms with E-state index in [0.717, 1.165) is 17.2 Å². The van der Waals surface area contributed by atoms with Gasteiger partial charge in [-0.25, -0.2) is 4.98 Å². The second-order valence-corrected chi connectivity index (χ2v) is 6.57. The molecule has 0 fully saturated rings. The zero-order valence-electron chi connectivity index (χ0n) is 14.9. The van der Waals surface area contributed by atoms with E-state index in [4.69, 9.17) is 12.2 Å². The van der Waals surface area contributed by atoms with Crippen molar-refractivity contribution in [1.29, 1.82) is 0 Å². The number of aromatic nitrogens is 1. The second kappa shape index (κ2) is 8.45. The normalized spacial score (nSPS) is 10.2. The highest BCUT2D eigenvalue weighted by Gasteiger charge is 2.02. The van der Waals surface area contributed by atoms with Crippen molar-refractivity contribution in [2.75, 3.05) is 10.6 Å². The third-order valence-electron chi connectivity index (χ3n) is 4.00. The molecule has 2 aromatic carbocycles. The maximum absolute atomic E-state index is 5.35. The van der Waals surface area contributed by atoms with Crippen LogP contribution in [-0.4, -0.2) is 10.1 Å². The van der Waals surface area contributed by atoms with Crippen molar-refractivity contribution in [1.82, 2.24) is 10.3 Å². The lowest BCUT2D eigenvalue weighted by atomic mass is 10.1. The van der Waals surface area contributed by atoms with Gasteiger partial charge in [-0.05, 0) is 55.4 Å². The first-order valence-electron chi connectivity index (χ1n) is 8.49. The number of pyridine rings is 1. The van der Waals surface area contributed by atoms with Gasteiger partial charge in [0.05, 0.1) is 11.9 Å². The van der Waals surface area contributed by atoms with E-state index in [0.29, 0.717) is 11.7 Å². The number of thiocarbonyl (C=S) groups is 1. The third kappa shape index (κ3) is 5.04. The zero-order valence-corrected chi connectivity index (χ0v) is 15.7. The van der Waals surface area contributed by atoms with E-state index in [1.807, 2.05) is 30.3 Å². The van der Waals surface area contributed by atoms with Gasteiger partial charge in [0.2, 0.25) is 0 Å². The van der Waals surface area contributed by atoms with Gasteiger partial charge in [-0.2, -0.15) is 0 Å². The lowest BCUT2D eigenvalue weighted by Gasteiger charge is -2.12. The number of nitrogens with zero attached hydrogens (tertiary/aromatic N) is 1. The Balaban J connectivity index is 1.52. The molecular weight excluding hydrogens is 340 g/mol. The van der Waals surface area contributed by atoms with Gasteiger partial charge >= 0.3 is 0 Å². The van der Waals surface area contributed by atoms with Gasteiger partial charge < -0.3 is 16.0 Å². The first-order valence-corrected chi connectivity index (χ1v) is 8.90. The largest absolute Gasteiger partial charge is 0.358 e. The fourth-order valence-corrected chi connectivity index (χ4v) is 2.65. The molecule has 0 radical (unpaired) electrons. The summed E-state index contributed by atoms with van der Waals surface area (Å²) in [4.78, 5) is 4.44. The molecule has 0 bridgehead atoms. The van der Waals surface area contributed by atoms with Crippen LogP contribution in [0.1, 0.15) is 16.7 Å². The number of nitrogens with one attached hydrogen (secondary N) is 3. The van der Waals surface area contributed by atoms with Crippen LogP contribution >= 0.6 is 12.2 Å². The number of hydrogen-bond acceptors (Lipinski definition) is 3. The summed E-state index contributed by atoms with van der Waals surface area (Å²) in [6.07, 6.45) is 1.76. The van der Waals surface area contributed by atoms with Crippen LogP contribution in [0.25, 0.3) is 0 Å². The van der Waals surface area contributed by atoms with Crippen molar-refractivity contribution < 1.29 is 0 Å². The van der Waals surface area contributed by atoms with E-state index >= 15 is 0 Å². The first-order chi connectivity index (χ1) is 12.6. The van der Waals surface area contributed by atoms with Crippen molar-refractivity contribution in [2.24, 2.45) is 0 Å². The highest BCUT2D eigenvalue weighted by molar-refractivity contribution is 7.80. The maximum Gasteiger partial charge on any atom is 0.171 e. The first kappa shape index (κ1) is 17.9. The summed E-state index contributed by atoms with van der Waals surface area (Å²) in [5.74, 6) is 0.795. The van der Waals surface area contributed by atoms with Crippen LogP contribution in [0.3, 0.4) is 0 Å². The topological polar surface area (TPSA) is 49.0 Å². The molecule has 0 atom stereocenters. The number of rotatable bonds is 5. The summed E-state index contributed by atoms with van der Waals surface area (Å²) < 4.78 is 0. The Kier molecular flexibility index (Phi) is 5.81. The van der Waals surface area contributed by atoms with E-state index in [1.54, 1.807) is 6.20 Å². The standard InChI is InChI=1S/C21H22N4S/c1-15-7-9-17(10-8-15)13-23-21(26)24-18-11-12-20(22-14-18)25-19-6-4-3-5-16(19)2/h3-12,14H,13H2,1-2H3,(H,22,25)(H2,23,24,26). The predicted molar refractivity (Wildman–Crippen MR) is 113 cm³/mol. The molecule has 1 heterocycles. The average Bonchev–Trinajstić information content (AvgIpc) is 2.65. The summed E-state index contributed by atoms with van der Waals surface area (Å²) in [5.41, 5.74) is 5.52. The molecule has 0 unspecified atom stereocenters. The van der Waals surface area contributed by atoms with Crippen molar-refractivity contribution in [3.8, 4) is 0 Å². The van der Waals surface area contributed by atoms with E-state index in [2.05, 4.69) is 65.1 Å². The van der Waals surface area contributed by atoms with Crippen molar-refractivity contribution in [3.63, 3.8) is 0 Å². The lowest BCUT2D eigenvalue weighted by Crippen LogP contribution is -2.27. The van der Waals surface area contributed by atoms with Gasteiger partial charge in [-0.3, -0.25) is 0 Å². The Morgan fingerprint density at radius 2 is 1.73 bits per heavy atom. The van der Waals surface area contributed by atoms with Crippen LogP contribution < -0.4 is 16.0 Å². The molecule has 0 saturated carbocycles. The smallest absolute Gasteiger partial charge is 0.171 e. The number of hydrogen-bond donors (Lipinski definition) is 3. The number of aryl methyl sites for hydroxylation is 2. The highest BCUT2D eigenvalue weighted by Crippen LogP contribution is 2.19. The van der Waals surface area contributed by atoms with Crippen LogP contribution in [0.5, 0.6) is 0 Å². The molecule has 0 aliphatic heterocycles. The number of anilines is 3. The van der Waals surface area contributed by atoms with E-state index in [-0.39, 0.29) is 0 Å². The number of para-hydroxylation sites is 1. The van der Waals surface area contributed by atoms with E-state index in [1.165, 1.54) is 16.7 Å². The van der Waals surface area contributed by atoms with Gasteiger partial charge in [0.15, 0.2) is 5.11 Å². The summed E-state index contributed by atoms with van der Waals surface area (Å²) in [5, 5.41) is 10.3. The molecule has 0 amide bonds. The molecule has 132 valence electrons. The minimum Gasteiger partial charge on any atom is -0.358 e. The Morgan fingerprint density at radius 3 is 2.42 bits per heavy atom. The minimum absolute atomic E-state index is 0.576. The van der Waals surface area contributed by atoms with Crippen LogP contribution in [0.2, 0.25) is 0 Å². The molecule has 1 aromatic heterocycles. The van der Waals surface area contributed by atoms with Gasteiger partial charge in [0.25, 0.3) is 0 Å². The maximum atomic E-state index is 5.35. The lowest BCUT2D eigenvalue weighted by molar-refractivity contribution is 0.925. The van der Waals surface area contributed by atoms with Crippen LogP contribution in [-0.2, 0) is 6.54 Å². The highest BCUT2D eigenvalue weighted by atomic mass is 32.1. The summed E-state index contributed by atoms with van der Waals surface area (Å²) >= 11 is 5.35. The summed E-state index contributed by atoms with van der Waals surface area (Å²) in [6, 6.07) is 20.4. The second-order valence-electron chi connectivity index (χ2n) is 6.17. The van der Waals surface area contributed by atoms with Gasteiger partial charge in [0.1, 0.15) is 5.82 Å². The summed E-state index contributed by atoms with van der Waals surface area (Å²) in [6.45, 7) is 4.83. The molecule has 0 aliphatic carbocycles. The Morgan fingerprint density at radius 1 is 0.962 bits per heavy atom. The molecule has 3 aromatic rings. The SMILES string of the molecule is Cc1ccc(CNC(=S)Nc2ccc(Nc3ccccc3C)nc2)cc1. The Labute approximate surface area is 159 Å².